The van der Waals surface area contributed by atoms with Crippen molar-refractivity contribution < 1.29 is 9.18 Å². The highest BCUT2D eigenvalue weighted by Gasteiger charge is 2.45. The summed E-state index contributed by atoms with van der Waals surface area (Å²) in [6.07, 6.45) is 1.53. The lowest BCUT2D eigenvalue weighted by atomic mass is 9.68. The lowest BCUT2D eigenvalue weighted by Gasteiger charge is -2.36. The summed E-state index contributed by atoms with van der Waals surface area (Å²) in [7, 11) is 0. The van der Waals surface area contributed by atoms with Crippen LogP contribution in [0.2, 0.25) is 0 Å². The minimum atomic E-state index is -0.520. The van der Waals surface area contributed by atoms with E-state index in [1.54, 1.807) is 17.8 Å². The highest BCUT2D eigenvalue weighted by atomic mass is 32.2. The number of ketones is 1. The molecule has 4 rings (SSSR count). The number of carbonyl (C=O) groups excluding carboxylic acids is 1. The molecule has 1 saturated heterocycles. The number of nitrogens with one attached hydrogen (secondary N) is 1. The fraction of sp³-hybridized carbons (Fsp3) is 0.278. The van der Waals surface area contributed by atoms with Crippen molar-refractivity contribution in [2.24, 2.45) is 0 Å². The molecule has 1 spiro atoms. The molecule has 112 valence electrons. The fourth-order valence-electron chi connectivity index (χ4n) is 3.57. The summed E-state index contributed by atoms with van der Waals surface area (Å²) >= 11 is 1.58. The third-order valence-electron chi connectivity index (χ3n) is 4.70. The summed E-state index contributed by atoms with van der Waals surface area (Å²) in [5.74, 6) is -0.274. The summed E-state index contributed by atoms with van der Waals surface area (Å²) in [4.78, 5) is 15.3. The smallest absolute Gasteiger partial charge is 0.174 e. The zero-order chi connectivity index (χ0) is 15.2. The predicted molar refractivity (Wildman–Crippen MR) is 85.1 cm³/mol. The number of benzene rings is 2. The molecule has 2 aliphatic heterocycles. The third-order valence-corrected chi connectivity index (χ3v) is 5.85. The first-order chi connectivity index (χ1) is 10.7. The third kappa shape index (κ3) is 2.02. The van der Waals surface area contributed by atoms with Gasteiger partial charge in [-0.3, -0.25) is 4.79 Å². The number of hydrogen-bond acceptors (Lipinski definition) is 3. The SMILES string of the molecule is O=C1c2cc(F)ccc2Sc2ccccc2C12CCNCC2. The van der Waals surface area contributed by atoms with E-state index in [4.69, 9.17) is 0 Å². The summed E-state index contributed by atoms with van der Waals surface area (Å²) in [6.45, 7) is 1.63. The van der Waals surface area contributed by atoms with Crippen molar-refractivity contribution in [3.8, 4) is 0 Å². The van der Waals surface area contributed by atoms with Gasteiger partial charge in [0.1, 0.15) is 5.82 Å². The predicted octanol–water partition coefficient (Wildman–Crippen LogP) is 3.79. The second kappa shape index (κ2) is 5.21. The molecule has 0 bridgehead atoms. The molecule has 2 aromatic rings. The molecule has 2 nitrogen and oxygen atoms in total. The van der Waals surface area contributed by atoms with Gasteiger partial charge >= 0.3 is 0 Å². The van der Waals surface area contributed by atoms with Crippen LogP contribution in [0.1, 0.15) is 28.8 Å². The zero-order valence-electron chi connectivity index (χ0n) is 12.1. The maximum Gasteiger partial charge on any atom is 0.174 e. The van der Waals surface area contributed by atoms with E-state index < -0.39 is 5.41 Å². The minimum Gasteiger partial charge on any atom is -0.317 e. The van der Waals surface area contributed by atoms with Crippen molar-refractivity contribution in [2.45, 2.75) is 28.0 Å². The van der Waals surface area contributed by atoms with Gasteiger partial charge in [-0.1, -0.05) is 30.0 Å². The van der Waals surface area contributed by atoms with Gasteiger partial charge in [-0.25, -0.2) is 4.39 Å². The second-order valence-corrected chi connectivity index (χ2v) is 6.98. The van der Waals surface area contributed by atoms with Gasteiger partial charge in [-0.05, 0) is 55.8 Å². The lowest BCUT2D eigenvalue weighted by molar-refractivity contribution is 0.0842. The van der Waals surface area contributed by atoms with E-state index in [1.165, 1.54) is 12.1 Å². The van der Waals surface area contributed by atoms with Gasteiger partial charge in [0.25, 0.3) is 0 Å². The first-order valence-electron chi connectivity index (χ1n) is 7.53. The van der Waals surface area contributed by atoms with Gasteiger partial charge < -0.3 is 5.32 Å². The number of halogens is 1. The van der Waals surface area contributed by atoms with Gasteiger partial charge in [0, 0.05) is 15.4 Å². The number of hydrogen-bond donors (Lipinski definition) is 1. The van der Waals surface area contributed by atoms with Gasteiger partial charge in [-0.15, -0.1) is 0 Å². The summed E-state index contributed by atoms with van der Waals surface area (Å²) in [6, 6.07) is 12.7. The molecule has 0 radical (unpaired) electrons. The molecule has 0 aliphatic carbocycles. The van der Waals surface area contributed by atoms with E-state index in [0.29, 0.717) is 5.56 Å². The first kappa shape index (κ1) is 14.0. The molecule has 0 atom stereocenters. The Hall–Kier alpha value is -1.65. The number of Topliss-reactive ketones (excluding diaryl/α,β-unsaturated/α-hetero) is 1. The molecule has 4 heteroatoms. The van der Waals surface area contributed by atoms with E-state index in [9.17, 15) is 9.18 Å². The number of rotatable bonds is 0. The van der Waals surface area contributed by atoms with Crippen molar-refractivity contribution in [1.29, 1.82) is 0 Å². The second-order valence-electron chi connectivity index (χ2n) is 5.90. The van der Waals surface area contributed by atoms with E-state index in [2.05, 4.69) is 17.4 Å². The monoisotopic (exact) mass is 313 g/mol. The Kier molecular flexibility index (Phi) is 3.31. The average Bonchev–Trinajstić information content (AvgIpc) is 2.65. The highest BCUT2D eigenvalue weighted by Crippen LogP contribution is 2.48. The van der Waals surface area contributed by atoms with Gasteiger partial charge in [0.2, 0.25) is 0 Å². The highest BCUT2D eigenvalue weighted by molar-refractivity contribution is 7.99. The Bertz CT molecular complexity index is 753. The van der Waals surface area contributed by atoms with E-state index in [1.807, 2.05) is 12.1 Å². The minimum absolute atomic E-state index is 0.0703. The summed E-state index contributed by atoms with van der Waals surface area (Å²) in [5.41, 5.74) is 1.11. The van der Waals surface area contributed by atoms with Crippen LogP contribution in [0.5, 0.6) is 0 Å². The normalized spacial score (nSPS) is 19.4. The van der Waals surface area contributed by atoms with Gasteiger partial charge in [0.15, 0.2) is 5.78 Å². The maximum atomic E-state index is 13.7. The van der Waals surface area contributed by atoms with Crippen LogP contribution in [-0.4, -0.2) is 18.9 Å². The van der Waals surface area contributed by atoms with Gasteiger partial charge in [-0.2, -0.15) is 0 Å². The summed E-state index contributed by atoms with van der Waals surface area (Å²) in [5, 5.41) is 3.33. The standard InChI is InChI=1S/C18H16FNOS/c19-12-5-6-15-13(11-12)17(21)18(7-9-20-10-8-18)14-3-1-2-4-16(14)22-15/h1-6,11,20H,7-10H2. The Morgan fingerprint density at radius 3 is 2.64 bits per heavy atom. The van der Waals surface area contributed by atoms with Crippen LogP contribution >= 0.6 is 11.8 Å². The van der Waals surface area contributed by atoms with Crippen molar-refractivity contribution >= 4 is 17.5 Å². The van der Waals surface area contributed by atoms with E-state index >= 15 is 0 Å². The van der Waals surface area contributed by atoms with Crippen molar-refractivity contribution in [1.82, 2.24) is 5.32 Å². The summed E-state index contributed by atoms with van der Waals surface area (Å²) < 4.78 is 13.7. The molecule has 0 saturated carbocycles. The van der Waals surface area contributed by atoms with Crippen LogP contribution < -0.4 is 5.32 Å². The Labute approximate surface area is 133 Å². The molecular formula is C18H16FNOS. The molecule has 22 heavy (non-hydrogen) atoms. The fourth-order valence-corrected chi connectivity index (χ4v) is 4.72. The van der Waals surface area contributed by atoms with E-state index in [-0.39, 0.29) is 11.6 Å². The van der Waals surface area contributed by atoms with Crippen LogP contribution in [0.4, 0.5) is 4.39 Å². The number of carbonyl (C=O) groups is 1. The molecule has 0 unspecified atom stereocenters. The van der Waals surface area contributed by atoms with Crippen LogP contribution in [0.3, 0.4) is 0 Å². The molecular weight excluding hydrogens is 297 g/mol. The quantitative estimate of drug-likeness (QED) is 0.802. The molecule has 2 aliphatic rings. The van der Waals surface area contributed by atoms with Crippen LogP contribution in [0, 0.1) is 5.82 Å². The largest absolute Gasteiger partial charge is 0.317 e. The zero-order valence-corrected chi connectivity index (χ0v) is 12.9. The number of piperidine rings is 1. The van der Waals surface area contributed by atoms with E-state index in [0.717, 1.165) is 41.3 Å². The van der Waals surface area contributed by atoms with Crippen LogP contribution in [-0.2, 0) is 5.41 Å². The molecule has 2 heterocycles. The van der Waals surface area contributed by atoms with Crippen molar-refractivity contribution in [2.75, 3.05) is 13.1 Å². The van der Waals surface area contributed by atoms with Crippen LogP contribution in [0.25, 0.3) is 0 Å². The molecule has 0 amide bonds. The Morgan fingerprint density at radius 1 is 1.05 bits per heavy atom. The Morgan fingerprint density at radius 2 is 1.82 bits per heavy atom. The molecule has 0 aromatic heterocycles. The molecule has 2 aromatic carbocycles. The topological polar surface area (TPSA) is 29.1 Å². The van der Waals surface area contributed by atoms with Crippen molar-refractivity contribution in [3.63, 3.8) is 0 Å². The molecule has 1 fully saturated rings. The Balaban J connectivity index is 1.99. The molecule has 1 N–H and O–H groups in total. The van der Waals surface area contributed by atoms with Crippen molar-refractivity contribution in [3.05, 3.63) is 59.4 Å². The lowest BCUT2D eigenvalue weighted by Crippen LogP contribution is -2.45. The number of fused-ring (bicyclic) bond motifs is 3. The van der Waals surface area contributed by atoms with Gasteiger partial charge in [0.05, 0.1) is 5.41 Å². The average molecular weight is 313 g/mol. The maximum absolute atomic E-state index is 13.7. The first-order valence-corrected chi connectivity index (χ1v) is 8.35. The van der Waals surface area contributed by atoms with Crippen LogP contribution in [0.15, 0.2) is 52.3 Å².